The predicted octanol–water partition coefficient (Wildman–Crippen LogP) is 3.08. The molecule has 94 valence electrons. The van der Waals surface area contributed by atoms with Crippen LogP contribution < -0.4 is 4.74 Å². The van der Waals surface area contributed by atoms with E-state index >= 15 is 0 Å². The van der Waals surface area contributed by atoms with Crippen LogP contribution in [-0.2, 0) is 7.05 Å². The first-order valence-electron chi connectivity index (χ1n) is 5.29. The van der Waals surface area contributed by atoms with Gasteiger partial charge in [0.2, 0.25) is 5.78 Å². The number of carbonyl (C=O) groups is 1. The number of halogens is 2. The summed E-state index contributed by atoms with van der Waals surface area (Å²) < 4.78 is 19.9. The van der Waals surface area contributed by atoms with Gasteiger partial charge in [-0.25, -0.2) is 4.39 Å². The summed E-state index contributed by atoms with van der Waals surface area (Å²) in [5.74, 6) is -0.292. The molecule has 0 unspecified atom stereocenters. The Hall–Kier alpha value is -1.81. The lowest BCUT2D eigenvalue weighted by Crippen LogP contribution is -2.10. The summed E-state index contributed by atoms with van der Waals surface area (Å²) >= 11 is 5.61. The molecule has 18 heavy (non-hydrogen) atoms. The van der Waals surface area contributed by atoms with Crippen LogP contribution in [0.15, 0.2) is 36.7 Å². The maximum absolute atomic E-state index is 12.9. The van der Waals surface area contributed by atoms with Crippen molar-refractivity contribution in [3.05, 3.63) is 53.1 Å². The van der Waals surface area contributed by atoms with Crippen molar-refractivity contribution in [3.8, 4) is 5.75 Å². The Morgan fingerprint density at radius 1 is 1.44 bits per heavy atom. The number of rotatable bonds is 4. The fraction of sp³-hybridized carbons (Fsp3) is 0.154. The highest BCUT2D eigenvalue weighted by Gasteiger charge is 2.08. The Labute approximate surface area is 109 Å². The first-order chi connectivity index (χ1) is 8.56. The first-order valence-corrected chi connectivity index (χ1v) is 5.67. The Balaban J connectivity index is 1.99. The summed E-state index contributed by atoms with van der Waals surface area (Å²) in [6.07, 6.45) is 3.49. The van der Waals surface area contributed by atoms with Crippen LogP contribution in [-0.4, -0.2) is 17.0 Å². The second kappa shape index (κ2) is 5.23. The number of ketones is 1. The van der Waals surface area contributed by atoms with Gasteiger partial charge in [-0.15, -0.1) is 0 Å². The lowest BCUT2D eigenvalue weighted by atomic mass is 10.2. The van der Waals surface area contributed by atoms with Crippen LogP contribution in [0.2, 0.25) is 5.02 Å². The van der Waals surface area contributed by atoms with Gasteiger partial charge in [-0.3, -0.25) is 4.79 Å². The third-order valence-electron chi connectivity index (χ3n) is 2.41. The van der Waals surface area contributed by atoms with E-state index < -0.39 is 5.82 Å². The van der Waals surface area contributed by atoms with E-state index in [2.05, 4.69) is 0 Å². The van der Waals surface area contributed by atoms with Crippen molar-refractivity contribution in [2.45, 2.75) is 0 Å². The molecule has 3 nitrogen and oxygen atoms in total. The van der Waals surface area contributed by atoms with Crippen molar-refractivity contribution in [2.75, 3.05) is 6.61 Å². The molecule has 2 aromatic rings. The zero-order valence-electron chi connectivity index (χ0n) is 9.69. The number of carbonyl (C=O) groups excluding carboxylic acids is 1. The van der Waals surface area contributed by atoms with Gasteiger partial charge in [0, 0.05) is 31.1 Å². The average Bonchev–Trinajstić information content (AvgIpc) is 2.77. The van der Waals surface area contributed by atoms with Crippen molar-refractivity contribution in [1.29, 1.82) is 0 Å². The number of nitrogens with zero attached hydrogens (tertiary/aromatic N) is 1. The Kier molecular flexibility index (Phi) is 3.67. The molecule has 5 heteroatoms. The molecule has 1 heterocycles. The number of Topliss-reactive ketones (excluding diaryl/α,β-unsaturated/α-hetero) is 1. The molecule has 0 saturated carbocycles. The predicted molar refractivity (Wildman–Crippen MR) is 66.6 cm³/mol. The second-order valence-corrected chi connectivity index (χ2v) is 4.26. The third-order valence-corrected chi connectivity index (χ3v) is 2.70. The molecule has 0 aliphatic heterocycles. The number of ether oxygens (including phenoxy) is 1. The smallest absolute Gasteiger partial charge is 0.201 e. The molecular weight excluding hydrogens is 257 g/mol. The molecule has 0 radical (unpaired) electrons. The van der Waals surface area contributed by atoms with E-state index in [0.29, 0.717) is 11.3 Å². The summed E-state index contributed by atoms with van der Waals surface area (Å²) in [7, 11) is 1.83. The summed E-state index contributed by atoms with van der Waals surface area (Å²) in [5, 5.41) is -0.0281. The van der Waals surface area contributed by atoms with Gasteiger partial charge in [-0.2, -0.15) is 0 Å². The van der Waals surface area contributed by atoms with Crippen molar-refractivity contribution in [3.63, 3.8) is 0 Å². The quantitative estimate of drug-likeness (QED) is 0.797. The van der Waals surface area contributed by atoms with E-state index in [-0.39, 0.29) is 17.4 Å². The monoisotopic (exact) mass is 267 g/mol. The van der Waals surface area contributed by atoms with Crippen LogP contribution in [0.25, 0.3) is 0 Å². The highest BCUT2D eigenvalue weighted by Crippen LogP contribution is 2.21. The molecule has 0 atom stereocenters. The number of hydrogen-bond acceptors (Lipinski definition) is 2. The highest BCUT2D eigenvalue weighted by molar-refractivity contribution is 6.30. The van der Waals surface area contributed by atoms with Crippen molar-refractivity contribution in [1.82, 2.24) is 4.57 Å². The van der Waals surface area contributed by atoms with E-state index in [1.54, 1.807) is 23.0 Å². The van der Waals surface area contributed by atoms with E-state index in [0.717, 1.165) is 0 Å². The molecule has 0 amide bonds. The lowest BCUT2D eigenvalue weighted by Gasteiger charge is -2.05. The average molecular weight is 268 g/mol. The Bertz CT molecular complexity index is 580. The van der Waals surface area contributed by atoms with Gasteiger partial charge in [0.25, 0.3) is 0 Å². The van der Waals surface area contributed by atoms with Gasteiger partial charge >= 0.3 is 0 Å². The highest BCUT2D eigenvalue weighted by atomic mass is 35.5. The van der Waals surface area contributed by atoms with Gasteiger partial charge in [-0.1, -0.05) is 11.6 Å². The number of hydrogen-bond donors (Lipinski definition) is 0. The number of aryl methyl sites for hydroxylation is 1. The third kappa shape index (κ3) is 2.90. The molecule has 0 bridgehead atoms. The van der Waals surface area contributed by atoms with Crippen molar-refractivity contribution < 1.29 is 13.9 Å². The molecule has 0 spiro atoms. The first kappa shape index (κ1) is 12.6. The van der Waals surface area contributed by atoms with Crippen LogP contribution in [0.1, 0.15) is 10.4 Å². The molecular formula is C13H11ClFNO2. The second-order valence-electron chi connectivity index (χ2n) is 3.85. The lowest BCUT2D eigenvalue weighted by molar-refractivity contribution is 0.0921. The van der Waals surface area contributed by atoms with Crippen molar-refractivity contribution >= 4 is 17.4 Å². The molecule has 0 aliphatic rings. The van der Waals surface area contributed by atoms with Crippen LogP contribution in [0.5, 0.6) is 5.75 Å². The maximum atomic E-state index is 12.9. The summed E-state index contributed by atoms with van der Waals surface area (Å²) in [4.78, 5) is 11.7. The molecule has 2 rings (SSSR count). The van der Waals surface area contributed by atoms with E-state index in [1.165, 1.54) is 18.2 Å². The van der Waals surface area contributed by atoms with Gasteiger partial charge in [0.05, 0.1) is 5.02 Å². The molecule has 1 aromatic carbocycles. The zero-order valence-corrected chi connectivity index (χ0v) is 10.4. The SMILES string of the molecule is Cn1ccc(C(=O)COc2ccc(F)c(Cl)c2)c1. The number of benzene rings is 1. The van der Waals surface area contributed by atoms with Gasteiger partial charge in [0.1, 0.15) is 11.6 Å². The Morgan fingerprint density at radius 3 is 2.83 bits per heavy atom. The zero-order chi connectivity index (χ0) is 13.1. The van der Waals surface area contributed by atoms with Crippen LogP contribution in [0, 0.1) is 5.82 Å². The summed E-state index contributed by atoms with van der Waals surface area (Å²) in [6.45, 7) is -0.105. The van der Waals surface area contributed by atoms with E-state index in [9.17, 15) is 9.18 Å². The van der Waals surface area contributed by atoms with Crippen LogP contribution >= 0.6 is 11.6 Å². The molecule has 0 fully saturated rings. The minimum atomic E-state index is -0.515. The number of aromatic nitrogens is 1. The van der Waals surface area contributed by atoms with E-state index in [4.69, 9.17) is 16.3 Å². The van der Waals surface area contributed by atoms with Crippen LogP contribution in [0.3, 0.4) is 0 Å². The van der Waals surface area contributed by atoms with E-state index in [1.807, 2.05) is 7.05 Å². The maximum Gasteiger partial charge on any atom is 0.201 e. The summed E-state index contributed by atoms with van der Waals surface area (Å²) in [5.41, 5.74) is 0.575. The normalized spacial score (nSPS) is 10.4. The van der Waals surface area contributed by atoms with Gasteiger partial charge < -0.3 is 9.30 Å². The molecule has 1 aromatic heterocycles. The van der Waals surface area contributed by atoms with Gasteiger partial charge in [0.15, 0.2) is 6.61 Å². The minimum absolute atomic E-state index is 0.0281. The minimum Gasteiger partial charge on any atom is -0.485 e. The molecule has 0 N–H and O–H groups in total. The van der Waals surface area contributed by atoms with Gasteiger partial charge in [-0.05, 0) is 18.2 Å². The van der Waals surface area contributed by atoms with Crippen LogP contribution in [0.4, 0.5) is 4.39 Å². The topological polar surface area (TPSA) is 31.2 Å². The Morgan fingerprint density at radius 2 is 2.22 bits per heavy atom. The summed E-state index contributed by atoms with van der Waals surface area (Å²) in [6, 6.07) is 5.68. The largest absolute Gasteiger partial charge is 0.485 e. The molecule has 0 saturated heterocycles. The molecule has 0 aliphatic carbocycles. The fourth-order valence-electron chi connectivity index (χ4n) is 1.47. The van der Waals surface area contributed by atoms with Crippen molar-refractivity contribution in [2.24, 2.45) is 7.05 Å². The standard InChI is InChI=1S/C13H11ClFNO2/c1-16-5-4-9(7-16)13(17)8-18-10-2-3-12(15)11(14)6-10/h2-7H,8H2,1H3. The fourth-order valence-corrected chi connectivity index (χ4v) is 1.64.